The third kappa shape index (κ3) is 4.60. The van der Waals surface area contributed by atoms with Gasteiger partial charge in [-0.25, -0.2) is 24.7 Å². The lowest BCUT2D eigenvalue weighted by atomic mass is 10.2. The van der Waals surface area contributed by atoms with E-state index in [4.69, 9.17) is 19.2 Å². The SMILES string of the molecule is C=C(C)C(=O)N1C(OCC[O])N(C(=O)C(=C)C)C2OOCCOC1N2C(=O)C(=C)C. The van der Waals surface area contributed by atoms with Crippen molar-refractivity contribution < 1.29 is 38.7 Å². The van der Waals surface area contributed by atoms with E-state index in [1.807, 2.05) is 0 Å². The van der Waals surface area contributed by atoms with Crippen molar-refractivity contribution in [1.82, 2.24) is 14.7 Å². The molecule has 11 nitrogen and oxygen atoms in total. The highest BCUT2D eigenvalue weighted by Gasteiger charge is 2.55. The molecule has 2 bridgehead atoms. The molecule has 0 saturated carbocycles. The Morgan fingerprint density at radius 2 is 1.37 bits per heavy atom. The molecule has 0 aromatic carbocycles. The van der Waals surface area contributed by atoms with Gasteiger partial charge in [0, 0.05) is 16.7 Å². The topological polar surface area (TPSA) is 118 Å². The third-order valence-corrected chi connectivity index (χ3v) is 4.16. The molecule has 165 valence electrons. The van der Waals surface area contributed by atoms with Gasteiger partial charge in [0.2, 0.25) is 12.7 Å². The zero-order valence-electron chi connectivity index (χ0n) is 17.3. The molecule has 0 N–H and O–H groups in total. The van der Waals surface area contributed by atoms with Gasteiger partial charge in [-0.15, -0.1) is 0 Å². The Kier molecular flexibility index (Phi) is 7.87. The molecular weight excluding hydrogens is 398 g/mol. The van der Waals surface area contributed by atoms with E-state index in [9.17, 15) is 19.5 Å². The minimum absolute atomic E-state index is 0.0294. The van der Waals surface area contributed by atoms with Crippen molar-refractivity contribution in [2.24, 2.45) is 0 Å². The van der Waals surface area contributed by atoms with Crippen molar-refractivity contribution >= 4 is 17.7 Å². The van der Waals surface area contributed by atoms with Crippen molar-refractivity contribution in [3.05, 3.63) is 36.5 Å². The van der Waals surface area contributed by atoms with E-state index in [-0.39, 0.29) is 36.5 Å². The smallest absolute Gasteiger partial charge is 0.255 e. The summed E-state index contributed by atoms with van der Waals surface area (Å²) in [6, 6.07) is 0. The minimum atomic E-state index is -1.48. The Balaban J connectivity index is 2.71. The summed E-state index contributed by atoms with van der Waals surface area (Å²) in [4.78, 5) is 52.4. The van der Waals surface area contributed by atoms with Gasteiger partial charge in [0.05, 0.1) is 13.2 Å². The summed E-state index contributed by atoms with van der Waals surface area (Å²) in [6.07, 6.45) is -4.26. The molecule has 2 aliphatic rings. The molecule has 0 aromatic rings. The molecule has 2 saturated heterocycles. The molecule has 2 aliphatic heterocycles. The maximum atomic E-state index is 13.0. The summed E-state index contributed by atoms with van der Waals surface area (Å²) in [5.41, 5.74) is 0.265. The van der Waals surface area contributed by atoms with Crippen LogP contribution in [-0.2, 0) is 38.7 Å². The second-order valence-electron chi connectivity index (χ2n) is 6.82. The van der Waals surface area contributed by atoms with Crippen LogP contribution in [-0.4, -0.2) is 77.9 Å². The number of nitrogens with zero attached hydrogens (tertiary/aromatic N) is 3. The lowest BCUT2D eigenvalue weighted by molar-refractivity contribution is -0.443. The molecule has 3 amide bonds. The molecule has 0 spiro atoms. The summed E-state index contributed by atoms with van der Waals surface area (Å²) >= 11 is 0. The van der Waals surface area contributed by atoms with Crippen LogP contribution in [0.3, 0.4) is 0 Å². The third-order valence-electron chi connectivity index (χ3n) is 4.16. The molecule has 0 aliphatic carbocycles. The van der Waals surface area contributed by atoms with Crippen molar-refractivity contribution in [3.8, 4) is 0 Å². The van der Waals surface area contributed by atoms with E-state index in [2.05, 4.69) is 19.7 Å². The molecule has 0 aromatic heterocycles. The van der Waals surface area contributed by atoms with Crippen molar-refractivity contribution in [2.45, 2.75) is 39.8 Å². The normalized spacial score (nSPS) is 24.0. The fourth-order valence-corrected chi connectivity index (χ4v) is 2.86. The van der Waals surface area contributed by atoms with Crippen LogP contribution in [0, 0.1) is 0 Å². The van der Waals surface area contributed by atoms with Gasteiger partial charge in [-0.1, -0.05) is 19.7 Å². The average Bonchev–Trinajstić information content (AvgIpc) is 2.68. The summed E-state index contributed by atoms with van der Waals surface area (Å²) in [5.74, 6) is -2.01. The largest absolute Gasteiger partial charge is 0.337 e. The molecule has 2 fully saturated rings. The number of amides is 3. The van der Waals surface area contributed by atoms with E-state index < -0.39 is 43.4 Å². The van der Waals surface area contributed by atoms with E-state index in [0.29, 0.717) is 0 Å². The number of fused-ring (bicyclic) bond motifs is 2. The highest BCUT2D eigenvalue weighted by Crippen LogP contribution is 2.33. The van der Waals surface area contributed by atoms with E-state index in [1.54, 1.807) is 0 Å². The highest BCUT2D eigenvalue weighted by molar-refractivity contribution is 5.97. The number of carbonyl (C=O) groups excluding carboxylic acids is 3. The molecule has 1 radical (unpaired) electrons. The Hall–Kier alpha value is -2.57. The fraction of sp³-hybridized carbons (Fsp3) is 0.526. The first-order valence-electron chi connectivity index (χ1n) is 9.17. The lowest BCUT2D eigenvalue weighted by Crippen LogP contribution is -2.76. The van der Waals surface area contributed by atoms with Crippen LogP contribution >= 0.6 is 0 Å². The summed E-state index contributed by atoms with van der Waals surface area (Å²) in [5, 5.41) is 11.1. The minimum Gasteiger partial charge on any atom is -0.337 e. The predicted molar refractivity (Wildman–Crippen MR) is 101 cm³/mol. The predicted octanol–water partition coefficient (Wildman–Crippen LogP) is 0.490. The van der Waals surface area contributed by atoms with Crippen LogP contribution in [0.15, 0.2) is 36.5 Å². The van der Waals surface area contributed by atoms with Crippen molar-refractivity contribution in [1.29, 1.82) is 0 Å². The number of ether oxygens (including phenoxy) is 2. The van der Waals surface area contributed by atoms with Crippen molar-refractivity contribution in [3.63, 3.8) is 0 Å². The lowest BCUT2D eigenvalue weighted by Gasteiger charge is -2.55. The standard InChI is InChI=1S/C19H26N3O8/c1-11(2)14(24)20-17(27-8-7-23)21(15(25)12(3)4)19-22(16(26)13(5)6)18(20)28-9-10-29-30-19/h17-19H,1,3,5,7-10H2,2,4,6H3. The van der Waals surface area contributed by atoms with Gasteiger partial charge >= 0.3 is 0 Å². The van der Waals surface area contributed by atoms with Crippen LogP contribution in [0.2, 0.25) is 0 Å². The number of rotatable bonds is 6. The molecule has 3 atom stereocenters. The van der Waals surface area contributed by atoms with Gasteiger partial charge < -0.3 is 9.47 Å². The molecule has 11 heteroatoms. The van der Waals surface area contributed by atoms with Crippen LogP contribution in [0.1, 0.15) is 20.8 Å². The van der Waals surface area contributed by atoms with Gasteiger partial charge in [0.25, 0.3) is 24.1 Å². The summed E-state index contributed by atoms with van der Waals surface area (Å²) in [7, 11) is 0. The van der Waals surface area contributed by atoms with E-state index in [1.165, 1.54) is 20.8 Å². The number of hydrogen-bond donors (Lipinski definition) is 0. The van der Waals surface area contributed by atoms with Gasteiger partial charge in [-0.3, -0.25) is 14.4 Å². The first-order chi connectivity index (χ1) is 14.1. The Labute approximate surface area is 174 Å². The van der Waals surface area contributed by atoms with Crippen LogP contribution < -0.4 is 0 Å². The molecule has 2 heterocycles. The molecule has 2 rings (SSSR count). The highest BCUT2D eigenvalue weighted by atomic mass is 17.2. The monoisotopic (exact) mass is 424 g/mol. The maximum absolute atomic E-state index is 13.0. The van der Waals surface area contributed by atoms with Gasteiger partial charge in [0.15, 0.2) is 0 Å². The van der Waals surface area contributed by atoms with Gasteiger partial charge in [-0.2, -0.15) is 4.89 Å². The maximum Gasteiger partial charge on any atom is 0.255 e. The molecular formula is C19H26N3O8. The Bertz CT molecular complexity index is 708. The number of hydrogen-bond acceptors (Lipinski definition) is 7. The van der Waals surface area contributed by atoms with E-state index >= 15 is 0 Å². The zero-order chi connectivity index (χ0) is 22.6. The summed E-state index contributed by atoms with van der Waals surface area (Å²) < 4.78 is 11.3. The zero-order valence-corrected chi connectivity index (χ0v) is 17.3. The second-order valence-corrected chi connectivity index (χ2v) is 6.82. The van der Waals surface area contributed by atoms with Gasteiger partial charge in [-0.05, 0) is 20.8 Å². The average molecular weight is 424 g/mol. The van der Waals surface area contributed by atoms with Crippen LogP contribution in [0.4, 0.5) is 0 Å². The van der Waals surface area contributed by atoms with E-state index in [0.717, 1.165) is 14.7 Å². The quantitative estimate of drug-likeness (QED) is 0.450. The number of carbonyl (C=O) groups is 3. The first-order valence-corrected chi connectivity index (χ1v) is 9.17. The van der Waals surface area contributed by atoms with Crippen LogP contribution in [0.5, 0.6) is 0 Å². The van der Waals surface area contributed by atoms with Crippen molar-refractivity contribution in [2.75, 3.05) is 26.4 Å². The Morgan fingerprint density at radius 3 is 1.87 bits per heavy atom. The summed E-state index contributed by atoms with van der Waals surface area (Å²) in [6.45, 7) is 14.2. The Morgan fingerprint density at radius 1 is 0.867 bits per heavy atom. The van der Waals surface area contributed by atoms with Crippen LogP contribution in [0.25, 0.3) is 0 Å². The van der Waals surface area contributed by atoms with Gasteiger partial charge in [0.1, 0.15) is 13.2 Å². The fourth-order valence-electron chi connectivity index (χ4n) is 2.86. The first kappa shape index (κ1) is 23.7. The molecule has 3 unspecified atom stereocenters. The second kappa shape index (κ2) is 9.96. The molecule has 30 heavy (non-hydrogen) atoms.